The van der Waals surface area contributed by atoms with Crippen LogP contribution in [0, 0.1) is 0 Å². The van der Waals surface area contributed by atoms with Crippen LogP contribution >= 0.6 is 22.9 Å². The number of hydrogen-bond acceptors (Lipinski definition) is 3. The number of fused-ring (bicyclic) bond motifs is 1. The van der Waals surface area contributed by atoms with E-state index in [1.165, 1.54) is 22.5 Å². The molecular weight excluding hydrogens is 240 g/mol. The van der Waals surface area contributed by atoms with Crippen LogP contribution in [0.15, 0.2) is 18.2 Å². The largest absolute Gasteiger partial charge is 0.316 e. The number of benzene rings is 1. The number of piperidine rings is 1. The zero-order valence-electron chi connectivity index (χ0n) is 8.87. The van der Waals surface area contributed by atoms with Crippen LogP contribution in [-0.4, -0.2) is 18.1 Å². The molecule has 1 aliphatic rings. The van der Waals surface area contributed by atoms with Gasteiger partial charge in [0.1, 0.15) is 5.52 Å². The van der Waals surface area contributed by atoms with Gasteiger partial charge in [-0.1, -0.05) is 17.7 Å². The van der Waals surface area contributed by atoms with Crippen LogP contribution < -0.4 is 5.32 Å². The highest BCUT2D eigenvalue weighted by Crippen LogP contribution is 2.33. The summed E-state index contributed by atoms with van der Waals surface area (Å²) in [6.45, 7) is 2.19. The number of rotatable bonds is 1. The van der Waals surface area contributed by atoms with Gasteiger partial charge in [-0.05, 0) is 31.5 Å². The second kappa shape index (κ2) is 4.32. The van der Waals surface area contributed by atoms with Crippen molar-refractivity contribution < 1.29 is 0 Å². The van der Waals surface area contributed by atoms with Gasteiger partial charge in [0.2, 0.25) is 0 Å². The highest BCUT2D eigenvalue weighted by atomic mass is 35.5. The molecule has 1 aliphatic heterocycles. The summed E-state index contributed by atoms with van der Waals surface area (Å²) in [5.74, 6) is 0.571. The maximum absolute atomic E-state index is 6.14. The molecule has 84 valence electrons. The molecule has 2 heterocycles. The number of nitrogens with one attached hydrogen (secondary N) is 1. The van der Waals surface area contributed by atoms with Crippen LogP contribution in [0.25, 0.3) is 10.2 Å². The van der Waals surface area contributed by atoms with E-state index in [4.69, 9.17) is 11.6 Å². The summed E-state index contributed by atoms with van der Waals surface area (Å²) in [6, 6.07) is 6.00. The molecule has 0 aliphatic carbocycles. The molecule has 1 saturated heterocycles. The molecular formula is C12H13ClN2S. The van der Waals surface area contributed by atoms with Gasteiger partial charge >= 0.3 is 0 Å². The summed E-state index contributed by atoms with van der Waals surface area (Å²) in [6.07, 6.45) is 2.48. The Hall–Kier alpha value is -0.640. The van der Waals surface area contributed by atoms with Crippen LogP contribution in [0.1, 0.15) is 23.8 Å². The smallest absolute Gasteiger partial charge is 0.100 e. The van der Waals surface area contributed by atoms with E-state index >= 15 is 0 Å². The van der Waals surface area contributed by atoms with Crippen molar-refractivity contribution in [2.75, 3.05) is 13.1 Å². The number of hydrogen-bond donors (Lipinski definition) is 1. The van der Waals surface area contributed by atoms with Crippen molar-refractivity contribution in [2.24, 2.45) is 0 Å². The minimum absolute atomic E-state index is 0.571. The first kappa shape index (κ1) is 10.5. The minimum atomic E-state index is 0.571. The molecule has 0 saturated carbocycles. The normalized spacial score (nSPS) is 21.4. The van der Waals surface area contributed by atoms with Gasteiger partial charge in [-0.3, -0.25) is 0 Å². The standard InChI is InChI=1S/C12H13ClN2S/c13-9-4-1-5-10-11(9)15-12(16-10)8-3-2-6-14-7-8/h1,4-5,8,14H,2-3,6-7H2. The third kappa shape index (κ3) is 1.83. The van der Waals surface area contributed by atoms with Gasteiger partial charge in [0.05, 0.1) is 14.7 Å². The Morgan fingerprint density at radius 3 is 3.12 bits per heavy atom. The molecule has 1 atom stereocenters. The molecule has 0 amide bonds. The van der Waals surface area contributed by atoms with E-state index in [1.807, 2.05) is 12.1 Å². The van der Waals surface area contributed by atoms with E-state index in [0.29, 0.717) is 5.92 Å². The molecule has 0 bridgehead atoms. The van der Waals surface area contributed by atoms with Gasteiger partial charge in [0, 0.05) is 12.5 Å². The molecule has 0 radical (unpaired) electrons. The summed E-state index contributed by atoms with van der Waals surface area (Å²) in [4.78, 5) is 4.68. The molecule has 2 aromatic rings. The lowest BCUT2D eigenvalue weighted by atomic mass is 10.0. The van der Waals surface area contributed by atoms with E-state index in [9.17, 15) is 0 Å². The molecule has 1 N–H and O–H groups in total. The lowest BCUT2D eigenvalue weighted by Gasteiger charge is -2.20. The van der Waals surface area contributed by atoms with Gasteiger partial charge in [-0.25, -0.2) is 4.98 Å². The quantitative estimate of drug-likeness (QED) is 0.841. The van der Waals surface area contributed by atoms with Gasteiger partial charge in [0.15, 0.2) is 0 Å². The Bertz CT molecular complexity index is 503. The Labute approximate surface area is 104 Å². The third-order valence-corrected chi connectivity index (χ3v) is 4.52. The lowest BCUT2D eigenvalue weighted by molar-refractivity contribution is 0.461. The molecule has 1 aromatic carbocycles. The van der Waals surface area contributed by atoms with Crippen LogP contribution in [0.5, 0.6) is 0 Å². The van der Waals surface area contributed by atoms with Crippen LogP contribution in [0.3, 0.4) is 0 Å². The van der Waals surface area contributed by atoms with Crippen LogP contribution in [-0.2, 0) is 0 Å². The fourth-order valence-electron chi connectivity index (χ4n) is 2.17. The first-order valence-electron chi connectivity index (χ1n) is 5.60. The van der Waals surface area contributed by atoms with Gasteiger partial charge in [-0.15, -0.1) is 11.3 Å². The average Bonchev–Trinajstić information content (AvgIpc) is 2.76. The zero-order valence-corrected chi connectivity index (χ0v) is 10.4. The fraction of sp³-hybridized carbons (Fsp3) is 0.417. The molecule has 4 heteroatoms. The van der Waals surface area contributed by atoms with E-state index in [1.54, 1.807) is 11.3 Å². The Balaban J connectivity index is 2.01. The summed E-state index contributed by atoms with van der Waals surface area (Å²) < 4.78 is 1.20. The second-order valence-corrected chi connectivity index (χ2v) is 5.65. The van der Waals surface area contributed by atoms with Crippen molar-refractivity contribution in [3.8, 4) is 0 Å². The first-order valence-corrected chi connectivity index (χ1v) is 6.80. The Kier molecular flexibility index (Phi) is 2.84. The number of nitrogens with zero attached hydrogens (tertiary/aromatic N) is 1. The second-order valence-electron chi connectivity index (χ2n) is 4.18. The summed E-state index contributed by atoms with van der Waals surface area (Å²) in [7, 11) is 0. The van der Waals surface area contributed by atoms with Gasteiger partial charge < -0.3 is 5.32 Å². The van der Waals surface area contributed by atoms with E-state index in [2.05, 4.69) is 16.4 Å². The maximum Gasteiger partial charge on any atom is 0.100 e. The van der Waals surface area contributed by atoms with Crippen LogP contribution in [0.2, 0.25) is 5.02 Å². The van der Waals surface area contributed by atoms with E-state index in [0.717, 1.165) is 23.6 Å². The van der Waals surface area contributed by atoms with E-state index in [-0.39, 0.29) is 0 Å². The number of thiazole rings is 1. The van der Waals surface area contributed by atoms with Crippen molar-refractivity contribution in [3.05, 3.63) is 28.2 Å². The SMILES string of the molecule is Clc1cccc2sc(C3CCCNC3)nc12. The first-order chi connectivity index (χ1) is 7.84. The highest BCUT2D eigenvalue weighted by molar-refractivity contribution is 7.18. The predicted molar refractivity (Wildman–Crippen MR) is 69.5 cm³/mol. The topological polar surface area (TPSA) is 24.9 Å². The zero-order chi connectivity index (χ0) is 11.0. The van der Waals surface area contributed by atoms with Crippen molar-refractivity contribution >= 4 is 33.2 Å². The highest BCUT2D eigenvalue weighted by Gasteiger charge is 2.19. The number of para-hydroxylation sites is 1. The predicted octanol–water partition coefficient (Wildman–Crippen LogP) is 3.42. The molecule has 0 spiro atoms. The Morgan fingerprint density at radius 1 is 1.44 bits per heavy atom. The van der Waals surface area contributed by atoms with E-state index < -0.39 is 0 Å². The van der Waals surface area contributed by atoms with Crippen molar-refractivity contribution in [1.29, 1.82) is 0 Å². The minimum Gasteiger partial charge on any atom is -0.316 e. The monoisotopic (exact) mass is 252 g/mol. The molecule has 3 rings (SSSR count). The fourth-order valence-corrected chi connectivity index (χ4v) is 3.57. The number of halogens is 1. The van der Waals surface area contributed by atoms with Crippen molar-refractivity contribution in [2.45, 2.75) is 18.8 Å². The summed E-state index contributed by atoms with van der Waals surface area (Å²) in [5, 5.41) is 5.43. The number of aromatic nitrogens is 1. The summed E-state index contributed by atoms with van der Waals surface area (Å²) in [5.41, 5.74) is 0.967. The van der Waals surface area contributed by atoms with Gasteiger partial charge in [-0.2, -0.15) is 0 Å². The molecule has 2 nitrogen and oxygen atoms in total. The molecule has 16 heavy (non-hydrogen) atoms. The van der Waals surface area contributed by atoms with Crippen molar-refractivity contribution in [1.82, 2.24) is 10.3 Å². The third-order valence-electron chi connectivity index (χ3n) is 3.03. The van der Waals surface area contributed by atoms with Gasteiger partial charge in [0.25, 0.3) is 0 Å². The lowest BCUT2D eigenvalue weighted by Crippen LogP contribution is -2.28. The molecule has 1 fully saturated rings. The van der Waals surface area contributed by atoms with Crippen LogP contribution in [0.4, 0.5) is 0 Å². The average molecular weight is 253 g/mol. The van der Waals surface area contributed by atoms with Crippen molar-refractivity contribution in [3.63, 3.8) is 0 Å². The molecule has 1 aromatic heterocycles. The maximum atomic E-state index is 6.14. The molecule has 1 unspecified atom stereocenters. The Morgan fingerprint density at radius 2 is 2.38 bits per heavy atom. The summed E-state index contributed by atoms with van der Waals surface area (Å²) >= 11 is 7.92.